The highest BCUT2D eigenvalue weighted by Crippen LogP contribution is 2.35. The summed E-state index contributed by atoms with van der Waals surface area (Å²) in [6.45, 7) is 25.6. The lowest BCUT2D eigenvalue weighted by molar-refractivity contribution is 0.258. The van der Waals surface area contributed by atoms with Gasteiger partial charge >= 0.3 is 0 Å². The Morgan fingerprint density at radius 2 is 1.16 bits per heavy atom. The summed E-state index contributed by atoms with van der Waals surface area (Å²) in [6.07, 6.45) is 1.32. The van der Waals surface area contributed by atoms with Gasteiger partial charge in [0, 0.05) is 0 Å². The van der Waals surface area contributed by atoms with E-state index in [1.165, 1.54) is 12.0 Å². The molecule has 5 atom stereocenters. The molecule has 0 nitrogen and oxygen atoms in total. The first-order valence-corrected chi connectivity index (χ1v) is 8.28. The smallest absolute Gasteiger partial charge is 0.0203 e. The maximum atomic E-state index is 4.43. The Bertz CT molecular complexity index is 261. The number of hydrogen-bond acceptors (Lipinski definition) is 0. The first-order chi connectivity index (χ1) is 8.59. The Morgan fingerprint density at radius 1 is 0.684 bits per heavy atom. The fourth-order valence-electron chi connectivity index (χ4n) is 2.76. The van der Waals surface area contributed by atoms with Crippen LogP contribution in [0.2, 0.25) is 0 Å². The molecule has 0 N–H and O–H groups in total. The van der Waals surface area contributed by atoms with Crippen LogP contribution < -0.4 is 0 Å². The molecule has 0 spiro atoms. The zero-order chi connectivity index (χ0) is 15.3. The van der Waals surface area contributed by atoms with E-state index in [-0.39, 0.29) is 0 Å². The predicted molar refractivity (Wildman–Crippen MR) is 89.3 cm³/mol. The van der Waals surface area contributed by atoms with E-state index in [9.17, 15) is 0 Å². The van der Waals surface area contributed by atoms with Crippen molar-refractivity contribution in [2.45, 2.75) is 68.7 Å². The second-order valence-corrected chi connectivity index (χ2v) is 7.69. The Labute approximate surface area is 123 Å². The molecule has 0 heteroatoms. The van der Waals surface area contributed by atoms with Gasteiger partial charge in [0.2, 0.25) is 0 Å². The predicted octanol–water partition coefficient (Wildman–Crippen LogP) is 6.43. The molecule has 0 saturated carbocycles. The van der Waals surface area contributed by atoms with Crippen LogP contribution in [0, 0.1) is 41.4 Å². The highest BCUT2D eigenvalue weighted by molar-refractivity contribution is 5.06. The molecule has 0 aliphatic rings. The van der Waals surface area contributed by atoms with Crippen molar-refractivity contribution in [1.29, 1.82) is 0 Å². The molecule has 0 aromatic carbocycles. The van der Waals surface area contributed by atoms with E-state index in [1.54, 1.807) is 0 Å². The standard InChI is InChI=1S/C19H38/c1-12(2)14(5)11-15(6)17(8)19(10)18(9)16(7)13(3)4/h12-18H,10-11H2,1-9H3. The fourth-order valence-corrected chi connectivity index (χ4v) is 2.76. The topological polar surface area (TPSA) is 0 Å². The van der Waals surface area contributed by atoms with Gasteiger partial charge in [0.25, 0.3) is 0 Å². The van der Waals surface area contributed by atoms with E-state index in [4.69, 9.17) is 0 Å². The third kappa shape index (κ3) is 5.71. The van der Waals surface area contributed by atoms with Gasteiger partial charge in [0.15, 0.2) is 0 Å². The van der Waals surface area contributed by atoms with Gasteiger partial charge < -0.3 is 0 Å². The molecule has 5 unspecified atom stereocenters. The van der Waals surface area contributed by atoms with Gasteiger partial charge in [-0.3, -0.25) is 0 Å². The average molecular weight is 267 g/mol. The van der Waals surface area contributed by atoms with Crippen LogP contribution in [0.15, 0.2) is 12.2 Å². The van der Waals surface area contributed by atoms with Crippen LogP contribution in [0.5, 0.6) is 0 Å². The molecule has 19 heavy (non-hydrogen) atoms. The van der Waals surface area contributed by atoms with Crippen LogP contribution in [-0.2, 0) is 0 Å². The zero-order valence-corrected chi connectivity index (χ0v) is 15.0. The van der Waals surface area contributed by atoms with Crippen LogP contribution in [0.25, 0.3) is 0 Å². The Balaban J connectivity index is 4.55. The van der Waals surface area contributed by atoms with Gasteiger partial charge in [-0.15, -0.1) is 0 Å². The number of hydrogen-bond donors (Lipinski definition) is 0. The summed E-state index contributed by atoms with van der Waals surface area (Å²) in [4.78, 5) is 0. The summed E-state index contributed by atoms with van der Waals surface area (Å²) in [7, 11) is 0. The summed E-state index contributed by atoms with van der Waals surface area (Å²) >= 11 is 0. The van der Waals surface area contributed by atoms with Crippen molar-refractivity contribution in [3.8, 4) is 0 Å². The minimum Gasteiger partial charge on any atom is -0.0993 e. The summed E-state index contributed by atoms with van der Waals surface area (Å²) in [5, 5.41) is 0. The van der Waals surface area contributed by atoms with Crippen molar-refractivity contribution in [3.63, 3.8) is 0 Å². The maximum absolute atomic E-state index is 4.43. The largest absolute Gasteiger partial charge is 0.0993 e. The van der Waals surface area contributed by atoms with E-state index in [0.29, 0.717) is 11.8 Å². The molecular weight excluding hydrogens is 228 g/mol. The molecule has 0 amide bonds. The minimum atomic E-state index is 0.631. The van der Waals surface area contributed by atoms with Crippen LogP contribution in [-0.4, -0.2) is 0 Å². The van der Waals surface area contributed by atoms with E-state index in [0.717, 1.165) is 29.6 Å². The second-order valence-electron chi connectivity index (χ2n) is 7.69. The molecule has 0 aromatic heterocycles. The molecule has 0 rings (SSSR count). The minimum absolute atomic E-state index is 0.631. The van der Waals surface area contributed by atoms with Crippen molar-refractivity contribution in [1.82, 2.24) is 0 Å². The lowest BCUT2D eigenvalue weighted by Crippen LogP contribution is -2.23. The highest BCUT2D eigenvalue weighted by atomic mass is 14.3. The third-order valence-corrected chi connectivity index (χ3v) is 5.75. The van der Waals surface area contributed by atoms with Crippen LogP contribution in [0.1, 0.15) is 68.7 Å². The molecule has 0 radical (unpaired) electrons. The maximum Gasteiger partial charge on any atom is -0.0203 e. The SMILES string of the molecule is C=C(C(C)C(C)CC(C)C(C)C)C(C)C(C)C(C)C. The van der Waals surface area contributed by atoms with E-state index in [1.807, 2.05) is 0 Å². The van der Waals surface area contributed by atoms with E-state index < -0.39 is 0 Å². The molecule has 114 valence electrons. The fraction of sp³-hybridized carbons (Fsp3) is 0.895. The summed E-state index contributed by atoms with van der Waals surface area (Å²) in [6, 6.07) is 0. The molecule has 0 bridgehead atoms. The number of allylic oxidation sites excluding steroid dienone is 1. The normalized spacial score (nSPS) is 20.2. The van der Waals surface area contributed by atoms with Crippen molar-refractivity contribution in [2.24, 2.45) is 41.4 Å². The molecule has 0 aromatic rings. The number of rotatable bonds is 8. The molecule has 0 aliphatic carbocycles. The monoisotopic (exact) mass is 266 g/mol. The van der Waals surface area contributed by atoms with E-state index in [2.05, 4.69) is 68.9 Å². The van der Waals surface area contributed by atoms with Gasteiger partial charge in [-0.1, -0.05) is 74.5 Å². The first-order valence-electron chi connectivity index (χ1n) is 8.28. The quantitative estimate of drug-likeness (QED) is 0.444. The summed E-state index contributed by atoms with van der Waals surface area (Å²) in [5.74, 6) is 5.07. The molecule has 0 saturated heterocycles. The Morgan fingerprint density at radius 3 is 1.53 bits per heavy atom. The van der Waals surface area contributed by atoms with Gasteiger partial charge in [0.1, 0.15) is 0 Å². The molecule has 0 aliphatic heterocycles. The van der Waals surface area contributed by atoms with E-state index >= 15 is 0 Å². The van der Waals surface area contributed by atoms with Crippen molar-refractivity contribution in [3.05, 3.63) is 12.2 Å². The average Bonchev–Trinajstić information content (AvgIpc) is 2.34. The molecular formula is C19H38. The highest BCUT2D eigenvalue weighted by Gasteiger charge is 2.25. The molecule has 0 fully saturated rings. The van der Waals surface area contributed by atoms with Crippen LogP contribution in [0.4, 0.5) is 0 Å². The van der Waals surface area contributed by atoms with Gasteiger partial charge in [0.05, 0.1) is 0 Å². The van der Waals surface area contributed by atoms with Gasteiger partial charge in [-0.2, -0.15) is 0 Å². The Hall–Kier alpha value is -0.260. The first kappa shape index (κ1) is 18.7. The third-order valence-electron chi connectivity index (χ3n) is 5.75. The summed E-state index contributed by atoms with van der Waals surface area (Å²) in [5.41, 5.74) is 1.46. The molecule has 0 heterocycles. The lowest BCUT2D eigenvalue weighted by atomic mass is 9.73. The van der Waals surface area contributed by atoms with Crippen LogP contribution in [0.3, 0.4) is 0 Å². The Kier molecular flexibility index (Phi) is 8.01. The summed E-state index contributed by atoms with van der Waals surface area (Å²) < 4.78 is 0. The van der Waals surface area contributed by atoms with Gasteiger partial charge in [-0.25, -0.2) is 0 Å². The van der Waals surface area contributed by atoms with Crippen molar-refractivity contribution < 1.29 is 0 Å². The second kappa shape index (κ2) is 8.12. The van der Waals surface area contributed by atoms with Crippen LogP contribution >= 0.6 is 0 Å². The van der Waals surface area contributed by atoms with Crippen molar-refractivity contribution >= 4 is 0 Å². The lowest BCUT2D eigenvalue weighted by Gasteiger charge is -2.33. The zero-order valence-electron chi connectivity index (χ0n) is 15.0. The van der Waals surface area contributed by atoms with Gasteiger partial charge in [-0.05, 0) is 47.8 Å². The van der Waals surface area contributed by atoms with Crippen molar-refractivity contribution in [2.75, 3.05) is 0 Å².